The van der Waals surface area contributed by atoms with Gasteiger partial charge in [-0.05, 0) is 38.9 Å². The number of rotatable bonds is 36. The normalized spacial score (nSPS) is 11.7. The summed E-state index contributed by atoms with van der Waals surface area (Å²) in [7, 11) is 0. The molecule has 0 spiro atoms. The second-order valence-electron chi connectivity index (χ2n) is 13.4. The molecule has 0 aliphatic carbocycles. The molecule has 40 heavy (non-hydrogen) atoms. The second-order valence-corrected chi connectivity index (χ2v) is 13.4. The van der Waals surface area contributed by atoms with E-state index in [2.05, 4.69) is 25.7 Å². The Bertz CT molecular complexity index is 391. The van der Waals surface area contributed by atoms with Gasteiger partial charge in [-0.1, -0.05) is 213 Å². The molecule has 0 unspecified atom stereocenters. The van der Waals surface area contributed by atoms with Crippen molar-refractivity contribution in [2.75, 3.05) is 19.6 Å². The van der Waals surface area contributed by atoms with Gasteiger partial charge in [0.2, 0.25) is 0 Å². The molecule has 242 valence electrons. The van der Waals surface area contributed by atoms with Crippen molar-refractivity contribution in [3.05, 3.63) is 0 Å². The molecule has 0 amide bonds. The van der Waals surface area contributed by atoms with Crippen LogP contribution in [0.2, 0.25) is 0 Å². The van der Waals surface area contributed by atoms with Gasteiger partial charge >= 0.3 is 0 Å². The molecule has 0 bridgehead atoms. The van der Waals surface area contributed by atoms with Crippen LogP contribution in [0.1, 0.15) is 233 Å². The third-order valence-electron chi connectivity index (χ3n) is 9.23. The first-order valence-corrected chi connectivity index (χ1v) is 19.6. The highest BCUT2D eigenvalue weighted by Gasteiger charge is 2.05. The maximum atomic E-state index is 2.86. The summed E-state index contributed by atoms with van der Waals surface area (Å²) in [5.74, 6) is 0. The van der Waals surface area contributed by atoms with E-state index in [9.17, 15) is 0 Å². The van der Waals surface area contributed by atoms with Crippen LogP contribution in [0.25, 0.3) is 0 Å². The monoisotopic (exact) mass is 564 g/mol. The molecule has 0 radical (unpaired) electrons. The van der Waals surface area contributed by atoms with Crippen molar-refractivity contribution >= 4 is 0 Å². The van der Waals surface area contributed by atoms with Gasteiger partial charge in [-0.15, -0.1) is 0 Å². The molecule has 1 heteroatoms. The lowest BCUT2D eigenvalue weighted by molar-refractivity contribution is 0.254. The van der Waals surface area contributed by atoms with Crippen LogP contribution < -0.4 is 0 Å². The maximum absolute atomic E-state index is 2.86. The van der Waals surface area contributed by atoms with Gasteiger partial charge in [0.15, 0.2) is 0 Å². The summed E-state index contributed by atoms with van der Waals surface area (Å²) < 4.78 is 0. The van der Waals surface area contributed by atoms with Crippen LogP contribution >= 0.6 is 0 Å². The van der Waals surface area contributed by atoms with E-state index in [4.69, 9.17) is 0 Å². The number of hydrogen-bond acceptors (Lipinski definition) is 1. The number of hydrogen-bond donors (Lipinski definition) is 0. The summed E-state index contributed by atoms with van der Waals surface area (Å²) in [6.45, 7) is 11.1. The first-order chi connectivity index (χ1) is 19.8. The van der Waals surface area contributed by atoms with E-state index in [0.29, 0.717) is 0 Å². The summed E-state index contributed by atoms with van der Waals surface area (Å²) in [6.07, 6.45) is 48.1. The molecule has 0 aliphatic rings. The first-order valence-electron chi connectivity index (χ1n) is 19.6. The molecule has 0 saturated heterocycles. The molecule has 0 aromatic rings. The van der Waals surface area contributed by atoms with Crippen LogP contribution in [0.5, 0.6) is 0 Å². The molecule has 0 aliphatic heterocycles. The largest absolute Gasteiger partial charge is 0.303 e. The average molecular weight is 564 g/mol. The summed E-state index contributed by atoms with van der Waals surface area (Å²) in [4.78, 5) is 2.86. The van der Waals surface area contributed by atoms with Gasteiger partial charge in [0.05, 0.1) is 0 Å². The Kier molecular flexibility index (Phi) is 36.9. The van der Waals surface area contributed by atoms with Gasteiger partial charge in [0, 0.05) is 0 Å². The average Bonchev–Trinajstić information content (AvgIpc) is 2.97. The molecule has 0 rings (SSSR count). The molecule has 0 saturated carbocycles. The molecule has 0 fully saturated rings. The van der Waals surface area contributed by atoms with E-state index in [-0.39, 0.29) is 0 Å². The smallest absolute Gasteiger partial charge is 0.00187 e. The Morgan fingerprint density at radius 1 is 0.200 bits per heavy atom. The van der Waals surface area contributed by atoms with E-state index in [1.807, 2.05) is 0 Å². The summed E-state index contributed by atoms with van der Waals surface area (Å²) in [5, 5.41) is 0. The summed E-state index contributed by atoms with van der Waals surface area (Å²) >= 11 is 0. The topological polar surface area (TPSA) is 3.24 Å². The molecular weight excluding hydrogens is 482 g/mol. The minimum Gasteiger partial charge on any atom is -0.303 e. The van der Waals surface area contributed by atoms with Crippen molar-refractivity contribution in [3.8, 4) is 0 Å². The second kappa shape index (κ2) is 37.0. The van der Waals surface area contributed by atoms with E-state index in [0.717, 1.165) is 0 Å². The van der Waals surface area contributed by atoms with Crippen LogP contribution in [-0.4, -0.2) is 24.5 Å². The van der Waals surface area contributed by atoms with Crippen molar-refractivity contribution in [2.24, 2.45) is 0 Å². The minimum absolute atomic E-state index is 1.37. The Balaban J connectivity index is 3.86. The molecule has 0 N–H and O–H groups in total. The molecular formula is C39H81N. The molecule has 0 atom stereocenters. The molecule has 0 aromatic heterocycles. The zero-order valence-electron chi connectivity index (χ0n) is 28.9. The number of nitrogens with zero attached hydrogens (tertiary/aromatic N) is 1. The van der Waals surface area contributed by atoms with Crippen LogP contribution in [0, 0.1) is 0 Å². The zero-order chi connectivity index (χ0) is 29.0. The van der Waals surface area contributed by atoms with Gasteiger partial charge in [-0.2, -0.15) is 0 Å². The van der Waals surface area contributed by atoms with Crippen LogP contribution in [0.4, 0.5) is 0 Å². The zero-order valence-corrected chi connectivity index (χ0v) is 28.9. The Morgan fingerprint density at radius 3 is 0.525 bits per heavy atom. The fraction of sp³-hybridized carbons (Fsp3) is 1.00. The predicted octanol–water partition coefficient (Wildman–Crippen LogP) is 14.2. The Morgan fingerprint density at radius 2 is 0.350 bits per heavy atom. The fourth-order valence-corrected chi connectivity index (χ4v) is 6.33. The van der Waals surface area contributed by atoms with Gasteiger partial charge in [-0.25, -0.2) is 0 Å². The van der Waals surface area contributed by atoms with E-state index >= 15 is 0 Å². The Labute approximate surface area is 256 Å². The SMILES string of the molecule is CCCCCCCCCCCCCCN(CCCCCCCCCCC)CCCCCCCCCCCCCC. The predicted molar refractivity (Wildman–Crippen MR) is 186 cm³/mol. The summed E-state index contributed by atoms with van der Waals surface area (Å²) in [5.41, 5.74) is 0. The highest BCUT2D eigenvalue weighted by molar-refractivity contribution is 4.61. The van der Waals surface area contributed by atoms with E-state index < -0.39 is 0 Å². The van der Waals surface area contributed by atoms with Crippen molar-refractivity contribution in [2.45, 2.75) is 233 Å². The van der Waals surface area contributed by atoms with Crippen molar-refractivity contribution in [1.82, 2.24) is 4.90 Å². The molecule has 0 aromatic carbocycles. The van der Waals surface area contributed by atoms with Crippen LogP contribution in [0.15, 0.2) is 0 Å². The van der Waals surface area contributed by atoms with Crippen molar-refractivity contribution in [1.29, 1.82) is 0 Å². The quantitative estimate of drug-likeness (QED) is 0.0685. The highest BCUT2D eigenvalue weighted by Crippen LogP contribution is 2.15. The van der Waals surface area contributed by atoms with Crippen molar-refractivity contribution in [3.63, 3.8) is 0 Å². The molecule has 0 heterocycles. The number of unbranched alkanes of at least 4 members (excludes halogenated alkanes) is 30. The van der Waals surface area contributed by atoms with Gasteiger partial charge in [0.25, 0.3) is 0 Å². The van der Waals surface area contributed by atoms with E-state index in [1.54, 1.807) is 0 Å². The lowest BCUT2D eigenvalue weighted by Gasteiger charge is -2.22. The highest BCUT2D eigenvalue weighted by atomic mass is 15.1. The van der Waals surface area contributed by atoms with Crippen molar-refractivity contribution < 1.29 is 0 Å². The summed E-state index contributed by atoms with van der Waals surface area (Å²) in [6, 6.07) is 0. The standard InChI is InChI=1S/C39H81N/c1-4-7-10-13-16-19-21-23-26-29-32-35-38-40(37-34-31-28-25-18-15-12-9-6-3)39-36-33-30-27-24-22-20-17-14-11-8-5-2/h4-39H2,1-3H3. The van der Waals surface area contributed by atoms with Crippen LogP contribution in [0.3, 0.4) is 0 Å². The van der Waals surface area contributed by atoms with Gasteiger partial charge < -0.3 is 4.90 Å². The fourth-order valence-electron chi connectivity index (χ4n) is 6.33. The third kappa shape index (κ3) is 34.2. The lowest BCUT2D eigenvalue weighted by atomic mass is 10.0. The minimum atomic E-state index is 1.37. The van der Waals surface area contributed by atoms with Crippen LogP contribution in [-0.2, 0) is 0 Å². The first kappa shape index (κ1) is 40.0. The lowest BCUT2D eigenvalue weighted by Crippen LogP contribution is -2.27. The Hall–Kier alpha value is -0.0400. The van der Waals surface area contributed by atoms with E-state index in [1.165, 1.54) is 232 Å². The third-order valence-corrected chi connectivity index (χ3v) is 9.23. The molecule has 1 nitrogen and oxygen atoms in total. The van der Waals surface area contributed by atoms with Gasteiger partial charge in [-0.3, -0.25) is 0 Å². The maximum Gasteiger partial charge on any atom is -0.00187 e. The van der Waals surface area contributed by atoms with Gasteiger partial charge in [0.1, 0.15) is 0 Å².